The molecule has 0 unspecified atom stereocenters. The van der Waals surface area contributed by atoms with Gasteiger partial charge in [0.1, 0.15) is 12.4 Å². The molecule has 0 atom stereocenters. The Morgan fingerprint density at radius 3 is 2.73 bits per heavy atom. The largest absolute Gasteiger partial charge is 0.489 e. The number of hydrogen-bond donors (Lipinski definition) is 1. The summed E-state index contributed by atoms with van der Waals surface area (Å²) >= 11 is 0. The first kappa shape index (κ1) is 14.1. The minimum Gasteiger partial charge on any atom is -0.489 e. The van der Waals surface area contributed by atoms with Crippen molar-refractivity contribution in [1.29, 1.82) is 0 Å². The molecule has 0 spiro atoms. The number of tetrazole rings is 1. The van der Waals surface area contributed by atoms with E-state index in [-0.39, 0.29) is 5.69 Å². The van der Waals surface area contributed by atoms with E-state index in [1.165, 1.54) is 10.2 Å². The van der Waals surface area contributed by atoms with Gasteiger partial charge in [0, 0.05) is 5.56 Å². The summed E-state index contributed by atoms with van der Waals surface area (Å²) in [5, 5.41) is 9.58. The highest BCUT2D eigenvalue weighted by atomic mass is 16.5. The third kappa shape index (κ3) is 2.76. The van der Waals surface area contributed by atoms with Gasteiger partial charge in [0.25, 0.3) is 0 Å². The third-order valence-electron chi connectivity index (χ3n) is 3.41. The number of nitrogens with zero attached hydrogens (tertiary/aromatic N) is 3. The lowest BCUT2D eigenvalue weighted by Crippen LogP contribution is -2.18. The molecule has 2 aromatic carbocycles. The molecule has 1 N–H and O–H groups in total. The second-order valence-electron chi connectivity index (χ2n) is 5.10. The molecule has 3 aromatic rings. The van der Waals surface area contributed by atoms with Crippen LogP contribution >= 0.6 is 0 Å². The third-order valence-corrected chi connectivity index (χ3v) is 3.41. The van der Waals surface area contributed by atoms with E-state index < -0.39 is 0 Å². The molecule has 0 radical (unpaired) electrons. The quantitative estimate of drug-likeness (QED) is 0.800. The lowest BCUT2D eigenvalue weighted by Gasteiger charge is -2.12. The summed E-state index contributed by atoms with van der Waals surface area (Å²) in [7, 11) is 0. The van der Waals surface area contributed by atoms with Gasteiger partial charge in [-0.1, -0.05) is 35.9 Å². The lowest BCUT2D eigenvalue weighted by atomic mass is 10.1. The summed E-state index contributed by atoms with van der Waals surface area (Å²) in [6.07, 6.45) is 0. The second kappa shape index (κ2) is 5.85. The van der Waals surface area contributed by atoms with Crippen molar-refractivity contribution in [2.45, 2.75) is 20.5 Å². The molecule has 0 saturated heterocycles. The second-order valence-corrected chi connectivity index (χ2v) is 5.10. The van der Waals surface area contributed by atoms with Gasteiger partial charge in [-0.3, -0.25) is 0 Å². The van der Waals surface area contributed by atoms with Gasteiger partial charge in [0.05, 0.1) is 5.69 Å². The molecular formula is C16H16N4O2. The average Bonchev–Trinajstić information content (AvgIpc) is 2.93. The van der Waals surface area contributed by atoms with Gasteiger partial charge in [-0.2, -0.15) is 4.68 Å². The highest BCUT2D eigenvalue weighted by Gasteiger charge is 2.09. The Bertz CT molecular complexity index is 851. The van der Waals surface area contributed by atoms with E-state index in [1.807, 2.05) is 50.2 Å². The van der Waals surface area contributed by atoms with E-state index >= 15 is 0 Å². The number of aromatic amines is 1. The van der Waals surface area contributed by atoms with Crippen LogP contribution < -0.4 is 10.4 Å². The van der Waals surface area contributed by atoms with Crippen LogP contribution in [0.4, 0.5) is 0 Å². The first-order valence-electron chi connectivity index (χ1n) is 6.94. The molecule has 0 fully saturated rings. The maximum atomic E-state index is 11.7. The van der Waals surface area contributed by atoms with Gasteiger partial charge < -0.3 is 4.74 Å². The molecular weight excluding hydrogens is 280 g/mol. The molecule has 3 rings (SSSR count). The fourth-order valence-corrected chi connectivity index (χ4v) is 2.31. The SMILES string of the molecule is Cc1ccc(OCc2ccccc2-n2nn[nH]c2=O)c(C)c1. The number of rotatable bonds is 4. The Morgan fingerprint density at radius 2 is 2.00 bits per heavy atom. The highest BCUT2D eigenvalue weighted by molar-refractivity contribution is 5.40. The molecule has 6 heteroatoms. The van der Waals surface area contributed by atoms with Gasteiger partial charge in [-0.15, -0.1) is 0 Å². The number of H-pyrrole nitrogens is 1. The van der Waals surface area contributed by atoms with E-state index in [2.05, 4.69) is 21.6 Å². The smallest absolute Gasteiger partial charge is 0.365 e. The van der Waals surface area contributed by atoms with Gasteiger partial charge >= 0.3 is 5.69 Å². The summed E-state index contributed by atoms with van der Waals surface area (Å²) in [4.78, 5) is 11.7. The van der Waals surface area contributed by atoms with Crippen LogP contribution in [0.5, 0.6) is 5.75 Å². The van der Waals surface area contributed by atoms with E-state index in [0.717, 1.165) is 16.9 Å². The normalized spacial score (nSPS) is 10.6. The number of ether oxygens (including phenoxy) is 1. The van der Waals surface area contributed by atoms with Crippen molar-refractivity contribution in [3.63, 3.8) is 0 Å². The number of aromatic nitrogens is 4. The molecule has 6 nitrogen and oxygen atoms in total. The Balaban J connectivity index is 1.87. The highest BCUT2D eigenvalue weighted by Crippen LogP contribution is 2.21. The minimum atomic E-state index is -0.376. The van der Waals surface area contributed by atoms with Crippen LogP contribution in [0.25, 0.3) is 5.69 Å². The van der Waals surface area contributed by atoms with Crippen molar-refractivity contribution in [2.75, 3.05) is 0 Å². The first-order chi connectivity index (χ1) is 10.6. The number of benzene rings is 2. The van der Waals surface area contributed by atoms with Crippen LogP contribution in [-0.2, 0) is 6.61 Å². The molecule has 0 amide bonds. The summed E-state index contributed by atoms with van der Waals surface area (Å²) in [6, 6.07) is 13.5. The van der Waals surface area contributed by atoms with Crippen molar-refractivity contribution < 1.29 is 4.74 Å². The van der Waals surface area contributed by atoms with Crippen molar-refractivity contribution in [2.24, 2.45) is 0 Å². The number of nitrogens with one attached hydrogen (secondary N) is 1. The molecule has 0 bridgehead atoms. The summed E-state index contributed by atoms with van der Waals surface area (Å²) < 4.78 is 7.11. The average molecular weight is 296 g/mol. The number of hydrogen-bond acceptors (Lipinski definition) is 4. The topological polar surface area (TPSA) is 72.8 Å². The molecule has 0 aliphatic heterocycles. The Labute approximate surface area is 127 Å². The monoisotopic (exact) mass is 296 g/mol. The summed E-state index contributed by atoms with van der Waals surface area (Å²) in [5.74, 6) is 0.827. The molecule has 1 aromatic heterocycles. The fourth-order valence-electron chi connectivity index (χ4n) is 2.31. The van der Waals surface area contributed by atoms with Crippen molar-refractivity contribution in [3.8, 4) is 11.4 Å². The van der Waals surface area contributed by atoms with Crippen molar-refractivity contribution in [1.82, 2.24) is 20.2 Å². The van der Waals surface area contributed by atoms with E-state index in [4.69, 9.17) is 4.74 Å². The maximum Gasteiger partial charge on any atom is 0.365 e. The summed E-state index contributed by atoms with van der Waals surface area (Å²) in [6.45, 7) is 4.40. The van der Waals surface area contributed by atoms with Crippen molar-refractivity contribution >= 4 is 0 Å². The molecule has 1 heterocycles. The molecule has 22 heavy (non-hydrogen) atoms. The van der Waals surface area contributed by atoms with Gasteiger partial charge in [0.15, 0.2) is 0 Å². The Morgan fingerprint density at radius 1 is 1.18 bits per heavy atom. The lowest BCUT2D eigenvalue weighted by molar-refractivity contribution is 0.303. The van der Waals surface area contributed by atoms with E-state index in [0.29, 0.717) is 12.3 Å². The Hall–Kier alpha value is -2.89. The standard InChI is InChI=1S/C16H16N4O2/c1-11-7-8-15(12(2)9-11)22-10-13-5-3-4-6-14(13)20-16(21)17-18-19-20/h3-9H,10H2,1-2H3,(H,17,19,21). The minimum absolute atomic E-state index is 0.347. The zero-order valence-corrected chi connectivity index (χ0v) is 12.4. The van der Waals surface area contributed by atoms with Crippen molar-refractivity contribution in [3.05, 3.63) is 69.6 Å². The van der Waals surface area contributed by atoms with Gasteiger partial charge in [0.2, 0.25) is 0 Å². The van der Waals surface area contributed by atoms with Gasteiger partial charge in [-0.05, 0) is 42.0 Å². The van der Waals surface area contributed by atoms with Crippen LogP contribution in [0.1, 0.15) is 16.7 Å². The molecule has 0 saturated carbocycles. The number of para-hydroxylation sites is 1. The van der Waals surface area contributed by atoms with Crippen LogP contribution in [0.2, 0.25) is 0 Å². The first-order valence-corrected chi connectivity index (χ1v) is 6.94. The predicted molar refractivity (Wildman–Crippen MR) is 82.2 cm³/mol. The van der Waals surface area contributed by atoms with Crippen LogP contribution in [0.3, 0.4) is 0 Å². The zero-order valence-electron chi connectivity index (χ0n) is 12.4. The predicted octanol–water partition coefficient (Wildman–Crippen LogP) is 2.15. The number of aryl methyl sites for hydroxylation is 2. The van der Waals surface area contributed by atoms with Gasteiger partial charge in [-0.25, -0.2) is 9.89 Å². The van der Waals surface area contributed by atoms with E-state index in [9.17, 15) is 4.79 Å². The van der Waals surface area contributed by atoms with Crippen LogP contribution in [-0.4, -0.2) is 20.2 Å². The van der Waals surface area contributed by atoms with E-state index in [1.54, 1.807) is 0 Å². The van der Waals surface area contributed by atoms with Crippen LogP contribution in [0.15, 0.2) is 47.3 Å². The summed E-state index contributed by atoms with van der Waals surface area (Å²) in [5.41, 5.74) is 3.42. The Kier molecular flexibility index (Phi) is 3.74. The molecule has 0 aliphatic rings. The fraction of sp³-hybridized carbons (Fsp3) is 0.188. The molecule has 0 aliphatic carbocycles. The maximum absolute atomic E-state index is 11.7. The molecule has 112 valence electrons. The zero-order chi connectivity index (χ0) is 15.5. The van der Waals surface area contributed by atoms with Crippen LogP contribution in [0, 0.1) is 13.8 Å².